The Morgan fingerprint density at radius 2 is 1.13 bits per heavy atom. The van der Waals surface area contributed by atoms with Crippen LogP contribution in [0.25, 0.3) is 0 Å². The van der Waals surface area contributed by atoms with Crippen molar-refractivity contribution in [1.29, 1.82) is 0 Å². The molecule has 0 aliphatic carbocycles. The molecule has 0 radical (unpaired) electrons. The van der Waals surface area contributed by atoms with Gasteiger partial charge in [-0.3, -0.25) is 28.8 Å². The molecular formula is C22H34O8. The van der Waals surface area contributed by atoms with E-state index in [1.165, 1.54) is 0 Å². The van der Waals surface area contributed by atoms with E-state index in [2.05, 4.69) is 0 Å². The second-order valence-electron chi connectivity index (χ2n) is 9.40. The van der Waals surface area contributed by atoms with Crippen molar-refractivity contribution in [2.75, 3.05) is 0 Å². The zero-order chi connectivity index (χ0) is 23.5. The molecule has 0 aliphatic rings. The monoisotopic (exact) mass is 426 g/mol. The molecule has 8 nitrogen and oxygen atoms in total. The fourth-order valence-corrected chi connectivity index (χ4v) is 3.04. The Bertz CT molecular complexity index is 660. The molecule has 1 atom stereocenters. The maximum absolute atomic E-state index is 12.5. The Hall–Kier alpha value is -2.38. The summed E-state index contributed by atoms with van der Waals surface area (Å²) in [5.74, 6) is -4.90. The Morgan fingerprint density at radius 1 is 0.733 bits per heavy atom. The molecule has 30 heavy (non-hydrogen) atoms. The number of carboxylic acid groups (broad SMARTS) is 2. The van der Waals surface area contributed by atoms with Gasteiger partial charge in [-0.15, -0.1) is 0 Å². The minimum Gasteiger partial charge on any atom is -0.481 e. The van der Waals surface area contributed by atoms with Gasteiger partial charge in [-0.05, 0) is 36.5 Å². The van der Waals surface area contributed by atoms with E-state index in [1.54, 1.807) is 0 Å². The highest BCUT2D eigenvalue weighted by Gasteiger charge is 2.31. The molecule has 0 spiro atoms. The summed E-state index contributed by atoms with van der Waals surface area (Å²) in [6.45, 7) is 7.34. The Kier molecular flexibility index (Phi) is 11.4. The van der Waals surface area contributed by atoms with E-state index in [4.69, 9.17) is 10.2 Å². The number of Topliss-reactive ketones (excluding diaryl/α,β-unsaturated/α-hetero) is 3. The number of rotatable bonds is 17. The lowest BCUT2D eigenvalue weighted by atomic mass is 9.79. The van der Waals surface area contributed by atoms with Crippen molar-refractivity contribution in [3.8, 4) is 0 Å². The van der Waals surface area contributed by atoms with Crippen LogP contribution in [0.5, 0.6) is 0 Å². The first kappa shape index (κ1) is 27.6. The molecule has 2 N–H and O–H groups in total. The summed E-state index contributed by atoms with van der Waals surface area (Å²) >= 11 is 0. The Morgan fingerprint density at radius 3 is 1.53 bits per heavy atom. The molecule has 0 amide bonds. The minimum absolute atomic E-state index is 0.0103. The second-order valence-corrected chi connectivity index (χ2v) is 9.40. The van der Waals surface area contributed by atoms with Crippen molar-refractivity contribution in [1.82, 2.24) is 0 Å². The van der Waals surface area contributed by atoms with Crippen LogP contribution in [0.15, 0.2) is 0 Å². The van der Waals surface area contributed by atoms with Gasteiger partial charge in [-0.1, -0.05) is 27.7 Å². The molecule has 0 aromatic rings. The number of ketones is 3. The lowest BCUT2D eigenvalue weighted by Crippen LogP contribution is -2.29. The average molecular weight is 427 g/mol. The molecule has 0 rings (SSSR count). The first-order valence-corrected chi connectivity index (χ1v) is 10.2. The molecule has 0 bridgehead atoms. The topological polar surface area (TPSA) is 143 Å². The summed E-state index contributed by atoms with van der Waals surface area (Å²) < 4.78 is 0. The van der Waals surface area contributed by atoms with E-state index in [0.29, 0.717) is 25.7 Å². The number of aldehydes is 1. The molecule has 8 heteroatoms. The fourth-order valence-electron chi connectivity index (χ4n) is 3.04. The van der Waals surface area contributed by atoms with Crippen molar-refractivity contribution in [2.24, 2.45) is 16.7 Å². The van der Waals surface area contributed by atoms with Crippen LogP contribution < -0.4 is 0 Å². The molecule has 170 valence electrons. The normalized spacial score (nSPS) is 12.8. The second kappa shape index (κ2) is 12.3. The predicted molar refractivity (Wildman–Crippen MR) is 109 cm³/mol. The van der Waals surface area contributed by atoms with Crippen molar-refractivity contribution < 1.29 is 39.0 Å². The molecule has 0 heterocycles. The van der Waals surface area contributed by atoms with Crippen LogP contribution in [0.1, 0.15) is 85.5 Å². The van der Waals surface area contributed by atoms with Gasteiger partial charge in [0, 0.05) is 32.1 Å². The lowest BCUT2D eigenvalue weighted by molar-refractivity contribution is -0.140. The van der Waals surface area contributed by atoms with Crippen LogP contribution in [0.2, 0.25) is 0 Å². The smallest absolute Gasteiger partial charge is 0.303 e. The van der Waals surface area contributed by atoms with Gasteiger partial charge >= 0.3 is 11.9 Å². The van der Waals surface area contributed by atoms with Crippen LogP contribution in [0.4, 0.5) is 0 Å². The highest BCUT2D eigenvalue weighted by atomic mass is 16.4. The van der Waals surface area contributed by atoms with E-state index < -0.39 is 34.8 Å². The quantitative estimate of drug-likeness (QED) is 0.205. The van der Waals surface area contributed by atoms with Crippen molar-refractivity contribution in [2.45, 2.75) is 85.5 Å². The van der Waals surface area contributed by atoms with Crippen molar-refractivity contribution in [3.63, 3.8) is 0 Å². The highest BCUT2D eigenvalue weighted by Crippen LogP contribution is 2.31. The summed E-state index contributed by atoms with van der Waals surface area (Å²) in [5.41, 5.74) is -0.808. The number of hydrogen-bond acceptors (Lipinski definition) is 6. The summed E-state index contributed by atoms with van der Waals surface area (Å²) in [6, 6.07) is 0. The van der Waals surface area contributed by atoms with E-state index in [0.717, 1.165) is 0 Å². The van der Waals surface area contributed by atoms with E-state index in [1.807, 2.05) is 27.7 Å². The molecule has 0 saturated carbocycles. The zero-order valence-electron chi connectivity index (χ0n) is 18.4. The standard InChI is InChI=1S/C22H34O8/c1-21(2,11-7-19(27)28)9-5-15(24)13-16(18(26)14-23)17(25)6-10-22(3,4)12-8-20(29)30/h14,16H,5-13H2,1-4H3,(H,27,28)(H,29,30). The molecular weight excluding hydrogens is 392 g/mol. The fraction of sp³-hybridized carbons (Fsp3) is 0.727. The maximum Gasteiger partial charge on any atom is 0.303 e. The van der Waals surface area contributed by atoms with Gasteiger partial charge in [-0.2, -0.15) is 0 Å². The Labute approximate surface area is 177 Å². The summed E-state index contributed by atoms with van der Waals surface area (Å²) in [4.78, 5) is 69.2. The van der Waals surface area contributed by atoms with Gasteiger partial charge in [0.25, 0.3) is 0 Å². The molecule has 0 saturated heterocycles. The van der Waals surface area contributed by atoms with E-state index >= 15 is 0 Å². The number of carbonyl (C=O) groups is 6. The lowest BCUT2D eigenvalue weighted by Gasteiger charge is -2.24. The SMILES string of the molecule is CC(C)(CCC(=O)O)CCC(=O)CC(C(=O)C=O)C(=O)CCC(C)(C)CCC(=O)O. The number of hydrogen-bond donors (Lipinski definition) is 2. The molecule has 0 aromatic carbocycles. The van der Waals surface area contributed by atoms with E-state index in [9.17, 15) is 28.8 Å². The zero-order valence-corrected chi connectivity index (χ0v) is 18.4. The minimum atomic E-state index is -1.31. The number of carboxylic acids is 2. The van der Waals surface area contributed by atoms with Crippen LogP contribution >= 0.6 is 0 Å². The maximum atomic E-state index is 12.5. The summed E-state index contributed by atoms with van der Waals surface area (Å²) in [5, 5.41) is 17.6. The highest BCUT2D eigenvalue weighted by molar-refractivity contribution is 6.31. The largest absolute Gasteiger partial charge is 0.481 e. The van der Waals surface area contributed by atoms with Crippen LogP contribution in [-0.2, 0) is 28.8 Å². The van der Waals surface area contributed by atoms with Crippen molar-refractivity contribution >= 4 is 35.6 Å². The third kappa shape index (κ3) is 12.2. The molecule has 1 unspecified atom stereocenters. The number of aliphatic carboxylic acids is 2. The van der Waals surface area contributed by atoms with Crippen molar-refractivity contribution in [3.05, 3.63) is 0 Å². The third-order valence-electron chi connectivity index (χ3n) is 5.44. The Balaban J connectivity index is 4.84. The predicted octanol–water partition coefficient (Wildman–Crippen LogP) is 3.24. The third-order valence-corrected chi connectivity index (χ3v) is 5.44. The van der Waals surface area contributed by atoms with Crippen LogP contribution in [-0.4, -0.2) is 45.8 Å². The van der Waals surface area contributed by atoms with Crippen LogP contribution in [0.3, 0.4) is 0 Å². The first-order valence-electron chi connectivity index (χ1n) is 10.2. The summed E-state index contributed by atoms with van der Waals surface area (Å²) in [6.07, 6.45) is 1.26. The molecule has 0 aliphatic heterocycles. The number of carbonyl (C=O) groups excluding carboxylic acids is 4. The van der Waals surface area contributed by atoms with Gasteiger partial charge in [0.2, 0.25) is 5.78 Å². The first-order chi connectivity index (χ1) is 13.7. The molecule has 0 fully saturated rings. The van der Waals surface area contributed by atoms with Gasteiger partial charge in [0.05, 0.1) is 5.92 Å². The van der Waals surface area contributed by atoms with Crippen LogP contribution in [0, 0.1) is 16.7 Å². The van der Waals surface area contributed by atoms with E-state index in [-0.39, 0.29) is 49.6 Å². The molecule has 0 aromatic heterocycles. The van der Waals surface area contributed by atoms with Gasteiger partial charge in [0.1, 0.15) is 11.6 Å². The van der Waals surface area contributed by atoms with Gasteiger partial charge < -0.3 is 10.2 Å². The average Bonchev–Trinajstić information content (AvgIpc) is 2.65. The summed E-state index contributed by atoms with van der Waals surface area (Å²) in [7, 11) is 0. The van der Waals surface area contributed by atoms with Gasteiger partial charge in [0.15, 0.2) is 6.29 Å². The van der Waals surface area contributed by atoms with Gasteiger partial charge in [-0.25, -0.2) is 0 Å².